The number of hydrogen-bond donors (Lipinski definition) is 10. The summed E-state index contributed by atoms with van der Waals surface area (Å²) in [6.45, 7) is 5.66. The fraction of sp³-hybridized carbons (Fsp3) is 0.316. The lowest BCUT2D eigenvalue weighted by Gasteiger charge is -2.31. The fourth-order valence-electron chi connectivity index (χ4n) is 12.8. The van der Waals surface area contributed by atoms with Gasteiger partial charge >= 0.3 is 12.5 Å². The molecule has 9 heterocycles. The van der Waals surface area contributed by atoms with Crippen molar-refractivity contribution in [2.75, 3.05) is 43.6 Å². The van der Waals surface area contributed by atoms with Crippen molar-refractivity contribution in [2.24, 2.45) is 11.5 Å². The highest BCUT2D eigenvalue weighted by molar-refractivity contribution is 7.54. The molecule has 15 rings (SSSR count). The molecule has 0 bridgehead atoms. The molecule has 1 radical (unpaired) electrons. The molecule has 0 spiro atoms. The van der Waals surface area contributed by atoms with Crippen LogP contribution in [-0.4, -0.2) is 163 Å². The maximum atomic E-state index is 12.3. The molecule has 12 aromatic rings. The Morgan fingerprint density at radius 2 is 0.748 bits per heavy atom. The zero-order valence-electron chi connectivity index (χ0n) is 62.7. The van der Waals surface area contributed by atoms with Gasteiger partial charge in [0.1, 0.15) is 96.2 Å². The first-order chi connectivity index (χ1) is 55.8. The van der Waals surface area contributed by atoms with Crippen molar-refractivity contribution in [1.82, 2.24) is 43.8 Å². The molecule has 3 saturated heterocycles. The maximum absolute atomic E-state index is 12.3. The van der Waals surface area contributed by atoms with E-state index in [-0.39, 0.29) is 38.1 Å². The van der Waals surface area contributed by atoms with E-state index < -0.39 is 83.7 Å². The first-order valence-corrected chi connectivity index (χ1v) is 37.6. The van der Waals surface area contributed by atoms with Crippen LogP contribution in [0.25, 0.3) is 16.6 Å². The summed E-state index contributed by atoms with van der Waals surface area (Å²) in [6, 6.07) is 69.8. The van der Waals surface area contributed by atoms with E-state index in [4.69, 9.17) is 125 Å². The van der Waals surface area contributed by atoms with Crippen molar-refractivity contribution in [2.45, 2.75) is 132 Å². The lowest BCUT2D eigenvalue weighted by Crippen LogP contribution is -2.51. The number of aliphatic hydroxyl groups excluding tert-OH is 4. The molecule has 12 atom stereocenters. The van der Waals surface area contributed by atoms with E-state index in [0.717, 1.165) is 33.4 Å². The van der Waals surface area contributed by atoms with Crippen molar-refractivity contribution >= 4 is 80.9 Å². The molecule has 28 nitrogen and oxygen atoms in total. The molecule has 115 heavy (non-hydrogen) atoms. The maximum Gasteiger partial charge on any atom is 0.450 e. The van der Waals surface area contributed by atoms with Crippen molar-refractivity contribution in [3.63, 3.8) is 0 Å². The van der Waals surface area contributed by atoms with Crippen LogP contribution in [0.15, 0.2) is 237 Å². The fourth-order valence-corrected chi connectivity index (χ4v) is 12.8. The summed E-state index contributed by atoms with van der Waals surface area (Å²) in [6.07, 6.45) is -3.21. The second-order valence-electron chi connectivity index (χ2n) is 25.9. The number of nitrogen functional groups attached to an aromatic ring is 3. The lowest BCUT2D eigenvalue weighted by molar-refractivity contribution is -0.256. The Labute approximate surface area is 677 Å². The normalized spacial score (nSPS) is 22.5. The van der Waals surface area contributed by atoms with E-state index in [2.05, 4.69) is 30.2 Å². The van der Waals surface area contributed by atoms with Gasteiger partial charge in [0.25, 0.3) is 0 Å². The van der Waals surface area contributed by atoms with Gasteiger partial charge in [0.15, 0.2) is 28.9 Å². The summed E-state index contributed by atoms with van der Waals surface area (Å²) in [5.41, 5.74) is 37.1. The standard InChI is InChI=1S/C32H33N5O4.C32H32N4O5.C11H15N5O4.C2H5BF.C2H6O.BCl3.F2/c33-31-26-16-17-28(37(26)36-22-35-31)32(34)30(40-20-25-14-8-3-9-15-25)29(39-19-24-12-6-2-7-13-24)27(41-32)21-38-18-23-10-4-1-5-11-23;33-31-26-16-17-28(36(26)35-22-34-31)32(37)30(40-20-25-14-8-3-9-15-25)29(39-19-24-12-6-2-7-13-24)27(41-32)21-38-18-23-10-4-1-5-11-23;12-10-5-1-2-7(16(5)15-4-14-10)11(13)9(19)8(18)6(3-17)20-11;1-2-3-4;1-2-3;2-1(3)4;1-2/h1-17,22,27,29-30H,18-21,34H2,(H2,33,35,36);1-17,22,27,29-30,37H,18-21H2,(H2,33,34,35);1-2,4,6,8-9,17-19H,3,13H2,(H2,12,14,15);2H2,1H3;3H,2H2,1H3;;/t27-,29-,30-,32+;27-,29-,30-,32?;6-,8-,9-,11+;;;;/m111..../s1. The molecule has 36 heteroatoms. The number of nitrogens with zero attached hydrogens (tertiary/aromatic N) is 9. The van der Waals surface area contributed by atoms with Crippen LogP contribution in [0.2, 0.25) is 6.32 Å². The predicted octanol–water partition coefficient (Wildman–Crippen LogP) is 9.53. The molecule has 3 aliphatic heterocycles. The SMILES string of the molecule is CCO.CC[B]F.ClB(Cl)Cl.FF.Nc1ncnn2c(C3(O)O[C@H](COCc4ccccc4)[C@@H](OCc4ccccc4)[C@H]3OCc3ccccc3)ccc12.Nc1ncnn2c([C@]3(N)O[C@H](CO)[C@@H](O)[C@H]3O)ccc12.Nc1ncnn2c([C@]3(N)O[C@H](COCc4ccccc4)[C@@H](OCc4ccccc4)[C@H]3OCc3ccccc3)ccc12. The smallest absolute Gasteiger partial charge is 0.397 e. The highest BCUT2D eigenvalue weighted by atomic mass is 35.6. The molecule has 6 aromatic heterocycles. The van der Waals surface area contributed by atoms with E-state index in [1.807, 2.05) is 194 Å². The number of aromatic nitrogens is 9. The highest BCUT2D eigenvalue weighted by Gasteiger charge is 2.60. The average Bonchev–Trinajstić information content (AvgIpc) is 1.60. The number of aliphatic hydroxyl groups is 5. The van der Waals surface area contributed by atoms with E-state index in [1.165, 1.54) is 28.0 Å². The minimum atomic E-state index is -1.93. The van der Waals surface area contributed by atoms with Gasteiger partial charge in [0, 0.05) is 15.8 Å². The van der Waals surface area contributed by atoms with Gasteiger partial charge in [-0.1, -0.05) is 189 Å². The molecule has 0 amide bonds. The Hall–Kier alpha value is -9.27. The number of rotatable bonds is 25. The molecular weight excluding hydrogens is 1550 g/mol. The summed E-state index contributed by atoms with van der Waals surface area (Å²) < 4.78 is 88.0. The summed E-state index contributed by atoms with van der Waals surface area (Å²) in [4.78, 5) is 11.3. The van der Waals surface area contributed by atoms with Gasteiger partial charge in [0.05, 0.1) is 70.8 Å². The number of fused-ring (bicyclic) bond motifs is 3. The van der Waals surface area contributed by atoms with Crippen LogP contribution in [0.4, 0.5) is 30.9 Å². The number of anilines is 3. The Bertz CT molecular complexity index is 4570. The number of hydrogen-bond acceptors (Lipinski definition) is 25. The Morgan fingerprint density at radius 3 is 1.10 bits per heavy atom. The summed E-state index contributed by atoms with van der Waals surface area (Å²) in [7, 11) is 0.625. The third-order valence-corrected chi connectivity index (χ3v) is 18.2. The van der Waals surface area contributed by atoms with Gasteiger partial charge in [-0.3, -0.25) is 11.5 Å². The monoisotopic (exact) mass is 1640 g/mol. The molecule has 15 N–H and O–H groups in total. The van der Waals surface area contributed by atoms with Crippen LogP contribution in [0, 0.1) is 0 Å². The number of benzene rings is 6. The van der Waals surface area contributed by atoms with Crippen molar-refractivity contribution in [1.29, 1.82) is 0 Å². The summed E-state index contributed by atoms with van der Waals surface area (Å²) in [5.74, 6) is -1.05. The second kappa shape index (κ2) is 44.7. The third-order valence-electron chi connectivity index (χ3n) is 18.2. The van der Waals surface area contributed by atoms with Crippen LogP contribution >= 0.6 is 34.4 Å². The van der Waals surface area contributed by atoms with Crippen LogP contribution in [-0.2, 0) is 99.5 Å². The van der Waals surface area contributed by atoms with Gasteiger partial charge in [-0.05, 0) is 83.0 Å². The average molecular weight is 1650 g/mol. The lowest BCUT2D eigenvalue weighted by atomic mass is 9.99. The Morgan fingerprint density at radius 1 is 0.452 bits per heavy atom. The van der Waals surface area contributed by atoms with Crippen LogP contribution < -0.4 is 28.7 Å². The molecule has 3 aliphatic rings. The van der Waals surface area contributed by atoms with Gasteiger partial charge in [0.2, 0.25) is 5.79 Å². The van der Waals surface area contributed by atoms with Crippen LogP contribution in [0.5, 0.6) is 0 Å². The first-order valence-electron chi connectivity index (χ1n) is 36.3. The van der Waals surface area contributed by atoms with Gasteiger partial charge < -0.3 is 89.7 Å². The first kappa shape index (κ1) is 89.7. The largest absolute Gasteiger partial charge is 0.450 e. The van der Waals surface area contributed by atoms with E-state index >= 15 is 0 Å². The number of ether oxygens (including phenoxy) is 9. The highest BCUT2D eigenvalue weighted by Crippen LogP contribution is 2.44. The molecule has 3 fully saturated rings. The molecule has 1 unspecified atom stereocenters. The quantitative estimate of drug-likeness (QED) is 0.0238. The summed E-state index contributed by atoms with van der Waals surface area (Å²) in [5, 5.41) is 61.8. The van der Waals surface area contributed by atoms with Crippen LogP contribution in [0.3, 0.4) is 0 Å². The van der Waals surface area contributed by atoms with E-state index in [1.54, 1.807) is 42.6 Å². The Kier molecular flexibility index (Phi) is 34.9. The zero-order chi connectivity index (χ0) is 82.3. The van der Waals surface area contributed by atoms with E-state index in [0.29, 0.717) is 86.4 Å². The predicted molar refractivity (Wildman–Crippen MR) is 429 cm³/mol. The van der Waals surface area contributed by atoms with Crippen molar-refractivity contribution in [3.8, 4) is 0 Å². The topological polar surface area (TPSA) is 405 Å². The Balaban J connectivity index is 0.000000191. The van der Waals surface area contributed by atoms with Gasteiger partial charge in [-0.15, -0.1) is 0 Å². The molecule has 6 aromatic carbocycles. The molecule has 609 valence electrons. The zero-order valence-corrected chi connectivity index (χ0v) is 65.0. The summed E-state index contributed by atoms with van der Waals surface area (Å²) >= 11 is 14.4. The minimum absolute atomic E-state index is 0.169. The second-order valence-corrected chi connectivity index (χ2v) is 27.9. The molecular formula is C79H91B2Cl3F3N14O14. The number of nitrogens with two attached hydrogens (primary N) is 5. The van der Waals surface area contributed by atoms with Crippen LogP contribution in [0.1, 0.15) is 64.3 Å². The van der Waals surface area contributed by atoms with Gasteiger partial charge in [-0.25, -0.2) is 28.5 Å². The van der Waals surface area contributed by atoms with Crippen molar-refractivity contribution < 1.29 is 81.6 Å². The third kappa shape index (κ3) is 23.3. The minimum Gasteiger partial charge on any atom is -0.397 e. The van der Waals surface area contributed by atoms with E-state index in [9.17, 15) is 19.6 Å². The van der Waals surface area contributed by atoms with Crippen molar-refractivity contribution in [3.05, 3.63) is 288 Å². The van der Waals surface area contributed by atoms with Gasteiger partial charge in [-0.2, -0.15) is 49.7 Å². The number of halogens is 6. The molecule has 0 saturated carbocycles. The molecule has 0 aliphatic carbocycles.